The Bertz CT molecular complexity index is 1160. The molecule has 0 saturated heterocycles. The molecule has 0 radical (unpaired) electrons. The van der Waals surface area contributed by atoms with Gasteiger partial charge in [-0.05, 0) is 60.7 Å². The number of aromatic nitrogens is 2. The van der Waals surface area contributed by atoms with Crippen molar-refractivity contribution in [1.29, 1.82) is 0 Å². The van der Waals surface area contributed by atoms with Gasteiger partial charge in [-0.2, -0.15) is 0 Å². The molecule has 1 aliphatic heterocycles. The van der Waals surface area contributed by atoms with Crippen LogP contribution in [0, 0.1) is 6.92 Å². The van der Waals surface area contributed by atoms with Crippen LogP contribution in [0.4, 0.5) is 5.82 Å². The zero-order valence-corrected chi connectivity index (χ0v) is 16.1. The number of aryl methyl sites for hydroxylation is 1. The molecule has 6 nitrogen and oxygen atoms in total. The fourth-order valence-electron chi connectivity index (χ4n) is 3.94. The highest BCUT2D eigenvalue weighted by Crippen LogP contribution is 2.50. The van der Waals surface area contributed by atoms with Crippen LogP contribution >= 0.6 is 0 Å². The molecule has 5 rings (SSSR count). The maximum Gasteiger partial charge on any atom is 0.247 e. The number of carbonyl (C=O) groups excluding carboxylic acids is 1. The molecule has 0 bridgehead atoms. The number of ether oxygens (including phenoxy) is 1. The molecule has 2 N–H and O–H groups in total. The number of anilines is 1. The van der Waals surface area contributed by atoms with Crippen LogP contribution in [0.2, 0.25) is 0 Å². The number of carbonyl (C=O) groups is 1. The van der Waals surface area contributed by atoms with Crippen molar-refractivity contribution in [2.75, 3.05) is 11.9 Å². The number of benzene rings is 1. The fourth-order valence-corrected chi connectivity index (χ4v) is 3.94. The Morgan fingerprint density at radius 2 is 2.03 bits per heavy atom. The minimum absolute atomic E-state index is 0.0260. The molecule has 1 amide bonds. The van der Waals surface area contributed by atoms with Gasteiger partial charge in [-0.15, -0.1) is 0 Å². The Hall–Kier alpha value is -3.41. The predicted molar refractivity (Wildman–Crippen MR) is 110 cm³/mol. The topological polar surface area (TPSA) is 84.1 Å². The van der Waals surface area contributed by atoms with E-state index in [4.69, 9.17) is 4.74 Å². The summed E-state index contributed by atoms with van der Waals surface area (Å²) in [5.74, 6) is 1.42. The smallest absolute Gasteiger partial charge is 0.247 e. The van der Waals surface area contributed by atoms with Gasteiger partial charge in [-0.1, -0.05) is 12.1 Å². The van der Waals surface area contributed by atoms with Gasteiger partial charge in [0, 0.05) is 24.2 Å². The zero-order valence-electron chi connectivity index (χ0n) is 16.1. The summed E-state index contributed by atoms with van der Waals surface area (Å²) in [5.41, 5.74) is 4.06. The summed E-state index contributed by atoms with van der Waals surface area (Å²) in [5, 5.41) is 3.02. The number of fused-ring (bicyclic) bond motifs is 1. The maximum atomic E-state index is 13.2. The molecule has 146 valence electrons. The van der Waals surface area contributed by atoms with Gasteiger partial charge in [0.05, 0.1) is 17.7 Å². The van der Waals surface area contributed by atoms with Crippen LogP contribution in [0.1, 0.15) is 29.5 Å². The molecule has 0 unspecified atom stereocenters. The van der Waals surface area contributed by atoms with Crippen molar-refractivity contribution in [2.45, 2.75) is 31.6 Å². The highest BCUT2D eigenvalue weighted by atomic mass is 16.5. The summed E-state index contributed by atoms with van der Waals surface area (Å²) >= 11 is 0. The molecule has 29 heavy (non-hydrogen) atoms. The predicted octanol–water partition coefficient (Wildman–Crippen LogP) is 3.35. The van der Waals surface area contributed by atoms with Crippen molar-refractivity contribution in [3.8, 4) is 17.0 Å². The summed E-state index contributed by atoms with van der Waals surface area (Å²) < 4.78 is 5.59. The maximum absolute atomic E-state index is 13.2. The number of pyridine rings is 2. The second kappa shape index (κ2) is 6.58. The summed E-state index contributed by atoms with van der Waals surface area (Å²) in [6.45, 7) is 2.67. The van der Waals surface area contributed by atoms with Crippen LogP contribution < -0.4 is 15.6 Å². The molecule has 6 heteroatoms. The van der Waals surface area contributed by atoms with Crippen LogP contribution in [0.25, 0.3) is 11.3 Å². The first-order valence-electron chi connectivity index (χ1n) is 9.79. The Kier molecular flexibility index (Phi) is 4.01. The van der Waals surface area contributed by atoms with E-state index in [1.165, 1.54) is 11.6 Å². The second-order valence-corrected chi connectivity index (χ2v) is 7.81. The minimum Gasteiger partial charge on any atom is -0.493 e. The van der Waals surface area contributed by atoms with Crippen LogP contribution in [0.3, 0.4) is 0 Å². The van der Waals surface area contributed by atoms with E-state index in [2.05, 4.69) is 21.4 Å². The summed E-state index contributed by atoms with van der Waals surface area (Å²) in [7, 11) is 0. The molecule has 2 aromatic heterocycles. The molecular formula is C23H21N3O3. The summed E-state index contributed by atoms with van der Waals surface area (Å²) in [6, 6.07) is 13.1. The monoisotopic (exact) mass is 387 g/mol. The summed E-state index contributed by atoms with van der Waals surface area (Å²) in [6.07, 6.45) is 4.18. The number of amides is 1. The third kappa shape index (κ3) is 3.20. The molecule has 0 atom stereocenters. The van der Waals surface area contributed by atoms with E-state index in [0.29, 0.717) is 18.1 Å². The number of aromatic amines is 1. The summed E-state index contributed by atoms with van der Waals surface area (Å²) in [4.78, 5) is 31.7. The van der Waals surface area contributed by atoms with Crippen molar-refractivity contribution in [3.05, 3.63) is 75.7 Å². The van der Waals surface area contributed by atoms with E-state index in [1.54, 1.807) is 12.3 Å². The first kappa shape index (κ1) is 17.7. The normalized spacial score (nSPS) is 16.0. The molecule has 3 heterocycles. The van der Waals surface area contributed by atoms with Gasteiger partial charge in [0.15, 0.2) is 0 Å². The number of nitrogens with one attached hydrogen (secondary N) is 2. The third-order valence-electron chi connectivity index (χ3n) is 5.72. The van der Waals surface area contributed by atoms with Gasteiger partial charge in [-0.25, -0.2) is 4.98 Å². The zero-order chi connectivity index (χ0) is 20.0. The Morgan fingerprint density at radius 1 is 1.17 bits per heavy atom. The Morgan fingerprint density at radius 3 is 2.79 bits per heavy atom. The number of hydrogen-bond donors (Lipinski definition) is 2. The lowest BCUT2D eigenvalue weighted by Crippen LogP contribution is -2.28. The van der Waals surface area contributed by atoms with E-state index in [-0.39, 0.29) is 11.5 Å². The lowest BCUT2D eigenvalue weighted by Gasteiger charge is -2.17. The lowest BCUT2D eigenvalue weighted by atomic mass is 9.92. The van der Waals surface area contributed by atoms with E-state index in [0.717, 1.165) is 41.7 Å². The third-order valence-corrected chi connectivity index (χ3v) is 5.72. The minimum atomic E-state index is -0.485. The second-order valence-electron chi connectivity index (χ2n) is 7.81. The van der Waals surface area contributed by atoms with Crippen molar-refractivity contribution in [3.63, 3.8) is 0 Å². The van der Waals surface area contributed by atoms with Crippen molar-refractivity contribution >= 4 is 11.7 Å². The average molecular weight is 387 g/mol. The van der Waals surface area contributed by atoms with Gasteiger partial charge >= 0.3 is 0 Å². The number of hydrogen-bond acceptors (Lipinski definition) is 4. The van der Waals surface area contributed by atoms with E-state index < -0.39 is 5.41 Å². The van der Waals surface area contributed by atoms with Crippen molar-refractivity contribution in [2.24, 2.45) is 0 Å². The number of H-pyrrole nitrogens is 1. The fraction of sp³-hybridized carbons (Fsp3) is 0.261. The molecule has 0 spiro atoms. The highest BCUT2D eigenvalue weighted by molar-refractivity contribution is 6.01. The van der Waals surface area contributed by atoms with Gasteiger partial charge in [0.25, 0.3) is 0 Å². The van der Waals surface area contributed by atoms with Gasteiger partial charge in [0.1, 0.15) is 11.6 Å². The standard InChI is InChI=1S/C23H21N3O3/c1-14-10-18(16-2-5-21(27)24-13-16)25-20(11-14)26-22(28)23(7-8-23)17-3-4-19-15(12-17)6-9-29-19/h2-5,10-13H,6-9H2,1H3,(H,24,27)(H,25,26,28). The number of rotatable bonds is 4. The SMILES string of the molecule is Cc1cc(NC(=O)C2(c3ccc4c(c3)CCO4)CC2)nc(-c2ccc(=O)[nH]c2)c1. The largest absolute Gasteiger partial charge is 0.493 e. The highest BCUT2D eigenvalue weighted by Gasteiger charge is 2.51. The quantitative estimate of drug-likeness (QED) is 0.719. The average Bonchev–Trinajstić information content (AvgIpc) is 3.39. The van der Waals surface area contributed by atoms with Crippen LogP contribution in [-0.4, -0.2) is 22.5 Å². The van der Waals surface area contributed by atoms with E-state index >= 15 is 0 Å². The van der Waals surface area contributed by atoms with Crippen molar-refractivity contribution < 1.29 is 9.53 Å². The van der Waals surface area contributed by atoms with E-state index in [9.17, 15) is 9.59 Å². The van der Waals surface area contributed by atoms with Crippen LogP contribution in [0.5, 0.6) is 5.75 Å². The molecule has 1 aliphatic carbocycles. The van der Waals surface area contributed by atoms with Gasteiger partial charge < -0.3 is 15.0 Å². The lowest BCUT2D eigenvalue weighted by molar-refractivity contribution is -0.118. The van der Waals surface area contributed by atoms with Crippen LogP contribution in [0.15, 0.2) is 53.5 Å². The Balaban J connectivity index is 1.42. The van der Waals surface area contributed by atoms with Crippen molar-refractivity contribution in [1.82, 2.24) is 9.97 Å². The first-order chi connectivity index (χ1) is 14.0. The molecule has 3 aromatic rings. The van der Waals surface area contributed by atoms with Gasteiger partial charge in [0.2, 0.25) is 11.5 Å². The molecular weight excluding hydrogens is 366 g/mol. The number of nitrogens with zero attached hydrogens (tertiary/aromatic N) is 1. The van der Waals surface area contributed by atoms with E-state index in [1.807, 2.05) is 31.2 Å². The van der Waals surface area contributed by atoms with Gasteiger partial charge in [-0.3, -0.25) is 9.59 Å². The first-order valence-corrected chi connectivity index (χ1v) is 9.79. The Labute approximate surface area is 168 Å². The molecule has 1 fully saturated rings. The van der Waals surface area contributed by atoms with Crippen LogP contribution in [-0.2, 0) is 16.6 Å². The molecule has 1 aromatic carbocycles. The molecule has 1 saturated carbocycles. The molecule has 2 aliphatic rings.